The molecule has 0 bridgehead atoms. The molecular weight excluding hydrogens is 194 g/mol. The number of carbonyl (C=O) groups excluding carboxylic acids is 1. The largest absolute Gasteiger partial charge is 0.436 e. The summed E-state index contributed by atoms with van der Waals surface area (Å²) in [6, 6.07) is 8.82. The fraction of sp³-hybridized carbons (Fsp3) is 0.364. The lowest BCUT2D eigenvalue weighted by Gasteiger charge is -2.07. The second-order valence-electron chi connectivity index (χ2n) is 3.51. The zero-order valence-electron chi connectivity index (χ0n) is 8.90. The lowest BCUT2D eigenvalue weighted by molar-refractivity contribution is 0.0305. The molecule has 4 nitrogen and oxygen atoms in total. The van der Waals surface area contributed by atoms with Crippen molar-refractivity contribution < 1.29 is 14.4 Å². The van der Waals surface area contributed by atoms with Crippen LogP contribution in [-0.4, -0.2) is 12.7 Å². The van der Waals surface area contributed by atoms with Gasteiger partial charge in [0.15, 0.2) is 0 Å². The maximum Gasteiger partial charge on any atom is 0.436 e. The van der Waals surface area contributed by atoms with Crippen LogP contribution in [0.5, 0.6) is 5.75 Å². The molecule has 0 aromatic heterocycles. The molecule has 0 saturated carbocycles. The third kappa shape index (κ3) is 5.02. The van der Waals surface area contributed by atoms with Gasteiger partial charge in [0.05, 0.1) is 6.61 Å². The number of nitrogens with one attached hydrogen (secondary N) is 1. The molecule has 82 valence electrons. The van der Waals surface area contributed by atoms with Gasteiger partial charge in [-0.3, -0.25) is 4.84 Å². The average molecular weight is 209 g/mol. The van der Waals surface area contributed by atoms with Crippen LogP contribution in [0, 0.1) is 5.92 Å². The minimum Gasteiger partial charge on any atom is -0.409 e. The van der Waals surface area contributed by atoms with Crippen LogP contribution < -0.4 is 10.2 Å². The van der Waals surface area contributed by atoms with E-state index in [-0.39, 0.29) is 0 Å². The number of carbonyl (C=O) groups is 1. The fourth-order valence-corrected chi connectivity index (χ4v) is 0.884. The summed E-state index contributed by atoms with van der Waals surface area (Å²) in [4.78, 5) is 16.0. The van der Waals surface area contributed by atoms with Gasteiger partial charge < -0.3 is 4.74 Å². The molecule has 15 heavy (non-hydrogen) atoms. The number of hydroxylamine groups is 1. The second-order valence-corrected chi connectivity index (χ2v) is 3.51. The average Bonchev–Trinajstić information content (AvgIpc) is 2.18. The van der Waals surface area contributed by atoms with Crippen molar-refractivity contribution in [2.75, 3.05) is 6.61 Å². The highest BCUT2D eigenvalue weighted by Gasteiger charge is 2.03. The number of ether oxygens (including phenoxy) is 1. The maximum atomic E-state index is 11.1. The summed E-state index contributed by atoms with van der Waals surface area (Å²) in [5.41, 5.74) is 2.20. The van der Waals surface area contributed by atoms with E-state index >= 15 is 0 Å². The number of benzene rings is 1. The second kappa shape index (κ2) is 6.03. The predicted molar refractivity (Wildman–Crippen MR) is 56.4 cm³/mol. The molecule has 1 aromatic carbocycles. The third-order valence-electron chi connectivity index (χ3n) is 1.53. The first-order valence-electron chi connectivity index (χ1n) is 4.83. The summed E-state index contributed by atoms with van der Waals surface area (Å²) in [6.45, 7) is 4.44. The van der Waals surface area contributed by atoms with E-state index < -0.39 is 6.09 Å². The first-order valence-corrected chi connectivity index (χ1v) is 4.83. The Morgan fingerprint density at radius 1 is 1.33 bits per heavy atom. The Labute approximate surface area is 89.1 Å². The van der Waals surface area contributed by atoms with Gasteiger partial charge in [0.1, 0.15) is 5.75 Å². The highest BCUT2D eigenvalue weighted by Crippen LogP contribution is 2.07. The van der Waals surface area contributed by atoms with Gasteiger partial charge in [0.25, 0.3) is 0 Å². The van der Waals surface area contributed by atoms with Crippen LogP contribution >= 0.6 is 0 Å². The van der Waals surface area contributed by atoms with Gasteiger partial charge in [-0.2, -0.15) is 5.48 Å². The number of amides is 1. The summed E-state index contributed by atoms with van der Waals surface area (Å²) in [5, 5.41) is 0. The predicted octanol–water partition coefficient (Wildman–Crippen LogP) is 2.36. The molecule has 0 aliphatic carbocycles. The first kappa shape index (κ1) is 11.5. The lowest BCUT2D eigenvalue weighted by atomic mass is 10.2. The summed E-state index contributed by atoms with van der Waals surface area (Å²) < 4.78 is 4.92. The van der Waals surface area contributed by atoms with Crippen LogP contribution in [0.25, 0.3) is 0 Å². The lowest BCUT2D eigenvalue weighted by Crippen LogP contribution is -2.28. The molecule has 0 radical (unpaired) electrons. The number of hydrogen-bond acceptors (Lipinski definition) is 3. The highest BCUT2D eigenvalue weighted by atomic mass is 16.7. The zero-order chi connectivity index (χ0) is 11.1. The number of rotatable bonds is 4. The molecule has 0 heterocycles. The molecule has 1 N–H and O–H groups in total. The van der Waals surface area contributed by atoms with Crippen LogP contribution in [0.15, 0.2) is 30.3 Å². The molecule has 1 amide bonds. The van der Waals surface area contributed by atoms with Crippen LogP contribution in [0.3, 0.4) is 0 Å². The molecule has 0 saturated heterocycles. The quantitative estimate of drug-likeness (QED) is 0.774. The van der Waals surface area contributed by atoms with E-state index in [1.165, 1.54) is 0 Å². The topological polar surface area (TPSA) is 47.6 Å². The fourth-order valence-electron chi connectivity index (χ4n) is 0.884. The van der Waals surface area contributed by atoms with E-state index in [9.17, 15) is 4.79 Å². The van der Waals surface area contributed by atoms with Gasteiger partial charge in [0.2, 0.25) is 0 Å². The van der Waals surface area contributed by atoms with E-state index in [2.05, 4.69) is 5.48 Å². The van der Waals surface area contributed by atoms with E-state index in [4.69, 9.17) is 9.57 Å². The Morgan fingerprint density at radius 3 is 2.60 bits per heavy atom. The Hall–Kier alpha value is -1.55. The van der Waals surface area contributed by atoms with E-state index in [1.54, 1.807) is 24.3 Å². The SMILES string of the molecule is CC(C)CONC(=O)Oc1ccccc1. The molecule has 0 atom stereocenters. The maximum absolute atomic E-state index is 11.1. The Balaban J connectivity index is 2.25. The molecule has 1 rings (SSSR count). The van der Waals surface area contributed by atoms with E-state index in [0.29, 0.717) is 18.3 Å². The number of para-hydroxylation sites is 1. The van der Waals surface area contributed by atoms with Crippen molar-refractivity contribution >= 4 is 6.09 Å². The van der Waals surface area contributed by atoms with Crippen molar-refractivity contribution in [3.05, 3.63) is 30.3 Å². The van der Waals surface area contributed by atoms with Crippen LogP contribution in [0.1, 0.15) is 13.8 Å². The minimum absolute atomic E-state index is 0.363. The summed E-state index contributed by atoms with van der Waals surface area (Å²) in [6.07, 6.45) is -0.609. The van der Waals surface area contributed by atoms with Crippen LogP contribution in [-0.2, 0) is 4.84 Å². The Bertz CT molecular complexity index is 298. The Morgan fingerprint density at radius 2 is 2.00 bits per heavy atom. The van der Waals surface area contributed by atoms with Crippen molar-refractivity contribution in [3.8, 4) is 5.75 Å². The van der Waals surface area contributed by atoms with Crippen molar-refractivity contribution in [1.29, 1.82) is 0 Å². The number of hydrogen-bond donors (Lipinski definition) is 1. The van der Waals surface area contributed by atoms with Crippen molar-refractivity contribution in [2.24, 2.45) is 5.92 Å². The summed E-state index contributed by atoms with van der Waals surface area (Å²) in [7, 11) is 0. The molecule has 0 fully saturated rings. The standard InChI is InChI=1S/C11H15NO3/c1-9(2)8-14-12-11(13)15-10-6-4-3-5-7-10/h3-7,9H,8H2,1-2H3,(H,12,13). The third-order valence-corrected chi connectivity index (χ3v) is 1.53. The van der Waals surface area contributed by atoms with E-state index in [1.807, 2.05) is 19.9 Å². The normalized spacial score (nSPS) is 10.1. The van der Waals surface area contributed by atoms with Crippen LogP contribution in [0.2, 0.25) is 0 Å². The van der Waals surface area contributed by atoms with Gasteiger partial charge in [-0.1, -0.05) is 32.0 Å². The van der Waals surface area contributed by atoms with Gasteiger partial charge in [0, 0.05) is 0 Å². The Kier molecular flexibility index (Phi) is 4.63. The molecule has 1 aromatic rings. The molecule has 0 unspecified atom stereocenters. The van der Waals surface area contributed by atoms with Gasteiger partial charge in [-0.15, -0.1) is 0 Å². The van der Waals surface area contributed by atoms with Gasteiger partial charge in [-0.25, -0.2) is 4.79 Å². The van der Waals surface area contributed by atoms with Crippen LogP contribution in [0.4, 0.5) is 4.79 Å². The smallest absolute Gasteiger partial charge is 0.409 e. The monoisotopic (exact) mass is 209 g/mol. The minimum atomic E-state index is -0.609. The molecule has 0 aliphatic heterocycles. The summed E-state index contributed by atoms with van der Waals surface area (Å²) >= 11 is 0. The summed E-state index contributed by atoms with van der Waals surface area (Å²) in [5.74, 6) is 0.852. The molecule has 0 spiro atoms. The van der Waals surface area contributed by atoms with Gasteiger partial charge in [-0.05, 0) is 18.1 Å². The highest BCUT2D eigenvalue weighted by molar-refractivity contribution is 5.68. The molecular formula is C11H15NO3. The zero-order valence-corrected chi connectivity index (χ0v) is 8.90. The van der Waals surface area contributed by atoms with Crippen molar-refractivity contribution in [2.45, 2.75) is 13.8 Å². The van der Waals surface area contributed by atoms with Gasteiger partial charge >= 0.3 is 6.09 Å². The van der Waals surface area contributed by atoms with Crippen molar-refractivity contribution in [1.82, 2.24) is 5.48 Å². The van der Waals surface area contributed by atoms with Crippen molar-refractivity contribution in [3.63, 3.8) is 0 Å². The molecule has 0 aliphatic rings. The first-order chi connectivity index (χ1) is 7.18. The molecule has 4 heteroatoms. The van der Waals surface area contributed by atoms with E-state index in [0.717, 1.165) is 0 Å².